The molecule has 76 valence electrons. The fourth-order valence-electron chi connectivity index (χ4n) is 0.915. The summed E-state index contributed by atoms with van der Waals surface area (Å²) in [7, 11) is 0. The maximum atomic E-state index is 11.2. The zero-order valence-corrected chi connectivity index (χ0v) is 7.94. The number of ketones is 1. The van der Waals surface area contributed by atoms with Gasteiger partial charge >= 0.3 is 5.97 Å². The molecular formula is C9H11NO4. The van der Waals surface area contributed by atoms with Gasteiger partial charge in [0.1, 0.15) is 17.7 Å². The Morgan fingerprint density at radius 3 is 2.21 bits per heavy atom. The molecule has 14 heavy (non-hydrogen) atoms. The first-order valence-electron chi connectivity index (χ1n) is 4.04. The highest BCUT2D eigenvalue weighted by molar-refractivity contribution is 6.08. The van der Waals surface area contributed by atoms with Crippen molar-refractivity contribution >= 4 is 11.8 Å². The minimum absolute atomic E-state index is 0.0662. The van der Waals surface area contributed by atoms with Crippen LogP contribution in [0.15, 0.2) is 11.1 Å². The quantitative estimate of drug-likeness (QED) is 0.497. The van der Waals surface area contributed by atoms with E-state index in [1.807, 2.05) is 0 Å². The normalized spacial score (nSPS) is 13.9. The van der Waals surface area contributed by atoms with Crippen LogP contribution in [0.2, 0.25) is 0 Å². The van der Waals surface area contributed by atoms with Gasteiger partial charge in [-0.05, 0) is 13.3 Å². The Balaban J connectivity index is 5.33. The topological polar surface area (TPSA) is 98.4 Å². The summed E-state index contributed by atoms with van der Waals surface area (Å²) >= 11 is 0. The summed E-state index contributed by atoms with van der Waals surface area (Å²) in [6, 6.07) is 1.50. The van der Waals surface area contributed by atoms with Crippen molar-refractivity contribution in [1.29, 1.82) is 5.26 Å². The average molecular weight is 197 g/mol. The summed E-state index contributed by atoms with van der Waals surface area (Å²) in [5.41, 5.74) is -0.742. The molecule has 5 heteroatoms. The zero-order valence-electron chi connectivity index (χ0n) is 7.94. The van der Waals surface area contributed by atoms with Crippen LogP contribution in [-0.4, -0.2) is 28.1 Å². The molecule has 1 unspecified atom stereocenters. The number of carboxylic acids is 1. The minimum Gasteiger partial charge on any atom is -0.478 e. The van der Waals surface area contributed by atoms with Gasteiger partial charge < -0.3 is 10.2 Å². The molecule has 0 aliphatic heterocycles. The van der Waals surface area contributed by atoms with Gasteiger partial charge in [-0.3, -0.25) is 4.79 Å². The van der Waals surface area contributed by atoms with Crippen molar-refractivity contribution in [3.05, 3.63) is 11.1 Å². The molecule has 0 heterocycles. The number of carbonyl (C=O) groups excluding carboxylic acids is 1. The first-order valence-corrected chi connectivity index (χ1v) is 4.04. The molecule has 0 spiro atoms. The van der Waals surface area contributed by atoms with Gasteiger partial charge in [-0.25, -0.2) is 4.79 Å². The molecular weight excluding hydrogens is 186 g/mol. The maximum absolute atomic E-state index is 11.2. The summed E-state index contributed by atoms with van der Waals surface area (Å²) in [4.78, 5) is 21.8. The third kappa shape index (κ3) is 2.68. The Kier molecular flexibility index (Phi) is 4.53. The Bertz CT molecular complexity index is 322. The minimum atomic E-state index is -1.36. The van der Waals surface area contributed by atoms with Crippen LogP contribution < -0.4 is 0 Å². The third-order valence-electron chi connectivity index (χ3n) is 1.65. The molecule has 0 fully saturated rings. The van der Waals surface area contributed by atoms with E-state index < -0.39 is 23.4 Å². The molecule has 0 aliphatic rings. The van der Waals surface area contributed by atoms with Crippen molar-refractivity contribution in [1.82, 2.24) is 0 Å². The van der Waals surface area contributed by atoms with Crippen molar-refractivity contribution in [2.75, 3.05) is 0 Å². The number of nitriles is 1. The summed E-state index contributed by atoms with van der Waals surface area (Å²) in [6.07, 6.45) is -1.29. The summed E-state index contributed by atoms with van der Waals surface area (Å²) in [5, 5.41) is 26.2. The second-order valence-electron chi connectivity index (χ2n) is 2.66. The Labute approximate surface area is 81.3 Å². The fraction of sp³-hybridized carbons (Fsp3) is 0.444. The highest BCUT2D eigenvalue weighted by Crippen LogP contribution is 2.11. The molecule has 0 aromatic heterocycles. The molecule has 0 bridgehead atoms. The van der Waals surface area contributed by atoms with Crippen LogP contribution in [0.3, 0.4) is 0 Å². The summed E-state index contributed by atoms with van der Waals surface area (Å²) in [6.45, 7) is 2.71. The number of aliphatic carboxylic acids is 1. The number of rotatable bonds is 4. The number of hydrogen-bond donors (Lipinski definition) is 2. The van der Waals surface area contributed by atoms with Gasteiger partial charge in [-0.1, -0.05) is 6.92 Å². The molecule has 0 amide bonds. The monoisotopic (exact) mass is 197 g/mol. The van der Waals surface area contributed by atoms with Crippen molar-refractivity contribution in [2.45, 2.75) is 26.4 Å². The molecule has 5 nitrogen and oxygen atoms in total. The van der Waals surface area contributed by atoms with Crippen LogP contribution in [0.25, 0.3) is 0 Å². The van der Waals surface area contributed by atoms with Crippen LogP contribution in [0.4, 0.5) is 0 Å². The number of carboxylic acid groups (broad SMARTS) is 1. The van der Waals surface area contributed by atoms with E-state index >= 15 is 0 Å². The van der Waals surface area contributed by atoms with Crippen LogP contribution in [0.5, 0.6) is 0 Å². The standard InChI is InChI=1S/C9H11NO4/c1-3-6(9(13)14)7(4-10)8(12)5(2)11/h5,11H,3H2,1-2H3,(H,13,14)/b7-6-. The molecule has 0 radical (unpaired) electrons. The second kappa shape index (κ2) is 5.14. The molecule has 1 atom stereocenters. The van der Waals surface area contributed by atoms with Gasteiger partial charge in [-0.15, -0.1) is 0 Å². The molecule has 0 saturated carbocycles. The highest BCUT2D eigenvalue weighted by Gasteiger charge is 2.22. The molecule has 0 aromatic rings. The van der Waals surface area contributed by atoms with Crippen LogP contribution in [-0.2, 0) is 9.59 Å². The lowest BCUT2D eigenvalue weighted by atomic mass is 10.0. The smallest absolute Gasteiger partial charge is 0.333 e. The number of aliphatic hydroxyl groups is 1. The lowest BCUT2D eigenvalue weighted by molar-refractivity contribution is -0.133. The Morgan fingerprint density at radius 1 is 1.50 bits per heavy atom. The van der Waals surface area contributed by atoms with E-state index in [-0.39, 0.29) is 12.0 Å². The highest BCUT2D eigenvalue weighted by atomic mass is 16.4. The average Bonchev–Trinajstić information content (AvgIpc) is 2.11. The lowest BCUT2D eigenvalue weighted by Crippen LogP contribution is -2.20. The fourth-order valence-corrected chi connectivity index (χ4v) is 0.915. The van der Waals surface area contributed by atoms with E-state index in [9.17, 15) is 9.59 Å². The van der Waals surface area contributed by atoms with Gasteiger partial charge in [0.2, 0.25) is 5.78 Å². The van der Waals surface area contributed by atoms with Gasteiger partial charge in [0, 0.05) is 0 Å². The zero-order chi connectivity index (χ0) is 11.3. The van der Waals surface area contributed by atoms with E-state index in [0.717, 1.165) is 0 Å². The molecule has 2 N–H and O–H groups in total. The number of nitrogens with zero attached hydrogens (tertiary/aromatic N) is 1. The number of Topliss-reactive ketones (excluding diaryl/α,β-unsaturated/α-hetero) is 1. The van der Waals surface area contributed by atoms with E-state index in [2.05, 4.69) is 0 Å². The van der Waals surface area contributed by atoms with Gasteiger partial charge in [-0.2, -0.15) is 5.26 Å². The summed E-state index contributed by atoms with van der Waals surface area (Å²) in [5.74, 6) is -2.16. The first-order chi connectivity index (χ1) is 6.45. The Morgan fingerprint density at radius 2 is 2.00 bits per heavy atom. The van der Waals surface area contributed by atoms with E-state index in [0.29, 0.717) is 0 Å². The molecule has 0 saturated heterocycles. The van der Waals surface area contributed by atoms with Crippen molar-refractivity contribution < 1.29 is 19.8 Å². The SMILES string of the molecule is CC/C(C(=O)O)=C(\C#N)C(=O)C(C)O. The third-order valence-corrected chi connectivity index (χ3v) is 1.65. The van der Waals surface area contributed by atoms with Gasteiger partial charge in [0.25, 0.3) is 0 Å². The van der Waals surface area contributed by atoms with Crippen molar-refractivity contribution in [3.8, 4) is 6.07 Å². The maximum Gasteiger partial charge on any atom is 0.333 e. The predicted molar refractivity (Wildman–Crippen MR) is 47.3 cm³/mol. The second-order valence-corrected chi connectivity index (χ2v) is 2.66. The number of aliphatic hydroxyl groups excluding tert-OH is 1. The van der Waals surface area contributed by atoms with Crippen LogP contribution in [0.1, 0.15) is 20.3 Å². The van der Waals surface area contributed by atoms with Gasteiger partial charge in [0.15, 0.2) is 0 Å². The first kappa shape index (κ1) is 12.3. The van der Waals surface area contributed by atoms with Gasteiger partial charge in [0.05, 0.1) is 5.57 Å². The van der Waals surface area contributed by atoms with E-state index in [4.69, 9.17) is 15.5 Å². The predicted octanol–water partition coefficient (Wildman–Crippen LogP) is 0.251. The van der Waals surface area contributed by atoms with E-state index in [1.165, 1.54) is 19.9 Å². The van der Waals surface area contributed by atoms with Crippen LogP contribution in [0, 0.1) is 11.3 Å². The Hall–Kier alpha value is -1.67. The van der Waals surface area contributed by atoms with E-state index in [1.54, 1.807) is 0 Å². The lowest BCUT2D eigenvalue weighted by Gasteiger charge is -2.04. The molecule has 0 rings (SSSR count). The number of carbonyl (C=O) groups is 2. The molecule has 0 aromatic carbocycles. The largest absolute Gasteiger partial charge is 0.478 e. The van der Waals surface area contributed by atoms with Crippen molar-refractivity contribution in [2.24, 2.45) is 0 Å². The summed E-state index contributed by atoms with van der Waals surface area (Å²) < 4.78 is 0. The number of hydrogen-bond acceptors (Lipinski definition) is 4. The van der Waals surface area contributed by atoms with Crippen molar-refractivity contribution in [3.63, 3.8) is 0 Å². The van der Waals surface area contributed by atoms with Crippen LogP contribution >= 0.6 is 0 Å². The molecule has 0 aliphatic carbocycles.